The Balaban J connectivity index is 2.06. The molecule has 0 saturated carbocycles. The summed E-state index contributed by atoms with van der Waals surface area (Å²) in [6, 6.07) is 27.8. The van der Waals surface area contributed by atoms with Crippen LogP contribution in [-0.2, 0) is 0 Å². The highest BCUT2D eigenvalue weighted by Gasteiger charge is 2.01. The van der Waals surface area contributed by atoms with Gasteiger partial charge in [-0.05, 0) is 63.0 Å². The maximum Gasteiger partial charge on any atom is 0.0136 e. The smallest absolute Gasteiger partial charge is 0.0136 e. The van der Waals surface area contributed by atoms with Crippen molar-refractivity contribution in [1.82, 2.24) is 0 Å². The lowest BCUT2D eigenvalue weighted by molar-refractivity contribution is 1.57. The Bertz CT molecular complexity index is 687. The molecule has 0 aliphatic carbocycles. The van der Waals surface area contributed by atoms with Crippen LogP contribution in [0.2, 0.25) is 0 Å². The quantitative estimate of drug-likeness (QED) is 0.523. The Morgan fingerprint density at radius 3 is 1.68 bits per heavy atom. The van der Waals surface area contributed by atoms with Crippen molar-refractivity contribution < 1.29 is 0 Å². The van der Waals surface area contributed by atoms with Crippen LogP contribution in [-0.4, -0.2) is 0 Å². The predicted octanol–water partition coefficient (Wildman–Crippen LogP) is 5.63. The molecule has 0 unspecified atom stereocenters. The lowest BCUT2D eigenvalue weighted by atomic mass is 9.99. The summed E-state index contributed by atoms with van der Waals surface area (Å²) in [5.41, 5.74) is 5.05. The van der Waals surface area contributed by atoms with Gasteiger partial charge in [0.25, 0.3) is 0 Å². The first-order valence-corrected chi connectivity index (χ1v) is 7.32. The first kappa shape index (κ1) is 12.4. The van der Waals surface area contributed by atoms with Crippen molar-refractivity contribution >= 4 is 22.6 Å². The second-order valence-corrected chi connectivity index (χ2v) is 5.70. The van der Waals surface area contributed by atoms with Gasteiger partial charge in [-0.25, -0.2) is 0 Å². The van der Waals surface area contributed by atoms with Gasteiger partial charge in [0.1, 0.15) is 0 Å². The van der Waals surface area contributed by atoms with Gasteiger partial charge in [0.2, 0.25) is 0 Å². The zero-order valence-corrected chi connectivity index (χ0v) is 12.5. The summed E-state index contributed by atoms with van der Waals surface area (Å²) in [7, 11) is 0. The summed E-state index contributed by atoms with van der Waals surface area (Å²) >= 11 is 2.35. The number of rotatable bonds is 2. The number of hydrogen-bond acceptors (Lipinski definition) is 0. The van der Waals surface area contributed by atoms with E-state index in [0.29, 0.717) is 0 Å². The molecule has 0 radical (unpaired) electrons. The van der Waals surface area contributed by atoms with E-state index in [0.717, 1.165) is 0 Å². The van der Waals surface area contributed by atoms with Gasteiger partial charge in [-0.1, -0.05) is 60.7 Å². The average molecular weight is 356 g/mol. The monoisotopic (exact) mass is 356 g/mol. The molecule has 0 saturated heterocycles. The fraction of sp³-hybridized carbons (Fsp3) is 0. The number of halogens is 1. The second kappa shape index (κ2) is 5.57. The van der Waals surface area contributed by atoms with Crippen LogP contribution in [0.15, 0.2) is 78.9 Å². The predicted molar refractivity (Wildman–Crippen MR) is 90.0 cm³/mol. The average Bonchev–Trinajstić information content (AvgIpc) is 2.48. The third-order valence-electron chi connectivity index (χ3n) is 3.13. The molecular formula is C18H13I. The maximum absolute atomic E-state index is 2.35. The van der Waals surface area contributed by atoms with E-state index in [4.69, 9.17) is 0 Å². The van der Waals surface area contributed by atoms with Crippen LogP contribution in [0.4, 0.5) is 0 Å². The number of hydrogen-bond donors (Lipinski definition) is 0. The molecule has 92 valence electrons. The summed E-state index contributed by atoms with van der Waals surface area (Å²) in [6.07, 6.45) is 0. The van der Waals surface area contributed by atoms with E-state index >= 15 is 0 Å². The third kappa shape index (κ3) is 2.87. The van der Waals surface area contributed by atoms with Crippen molar-refractivity contribution in [3.63, 3.8) is 0 Å². The molecule has 0 bridgehead atoms. The zero-order valence-electron chi connectivity index (χ0n) is 10.4. The van der Waals surface area contributed by atoms with Crippen molar-refractivity contribution in [3.05, 3.63) is 82.4 Å². The molecule has 0 aliphatic heterocycles. The van der Waals surface area contributed by atoms with E-state index < -0.39 is 0 Å². The molecule has 1 heteroatoms. The summed E-state index contributed by atoms with van der Waals surface area (Å²) in [5.74, 6) is 0. The molecule has 3 rings (SSSR count). The SMILES string of the molecule is Ic1cccc(-c2cccc(-c3ccccc3)c2)c1. The minimum Gasteiger partial charge on any atom is -0.0622 e. The van der Waals surface area contributed by atoms with E-state index in [1.54, 1.807) is 0 Å². The molecule has 0 spiro atoms. The molecule has 0 aliphatic rings. The molecule has 0 amide bonds. The highest BCUT2D eigenvalue weighted by molar-refractivity contribution is 14.1. The van der Waals surface area contributed by atoms with Gasteiger partial charge in [-0.15, -0.1) is 0 Å². The van der Waals surface area contributed by atoms with Gasteiger partial charge >= 0.3 is 0 Å². The van der Waals surface area contributed by atoms with Crippen LogP contribution in [0.3, 0.4) is 0 Å². The standard InChI is InChI=1S/C18H13I/c19-18-11-5-10-17(13-18)16-9-4-8-15(12-16)14-6-2-1-3-7-14/h1-13H. The van der Waals surface area contributed by atoms with E-state index in [9.17, 15) is 0 Å². The fourth-order valence-corrected chi connectivity index (χ4v) is 2.72. The van der Waals surface area contributed by atoms with Crippen molar-refractivity contribution in [2.24, 2.45) is 0 Å². The topological polar surface area (TPSA) is 0 Å². The lowest BCUT2D eigenvalue weighted by Crippen LogP contribution is -1.82. The van der Waals surface area contributed by atoms with Crippen molar-refractivity contribution in [3.8, 4) is 22.3 Å². The molecule has 0 fully saturated rings. The number of benzene rings is 3. The Labute approximate surface area is 127 Å². The van der Waals surface area contributed by atoms with Crippen LogP contribution in [0.1, 0.15) is 0 Å². The van der Waals surface area contributed by atoms with Crippen LogP contribution in [0, 0.1) is 3.57 Å². The highest BCUT2D eigenvalue weighted by Crippen LogP contribution is 2.26. The summed E-state index contributed by atoms with van der Waals surface area (Å²) in [6.45, 7) is 0. The van der Waals surface area contributed by atoms with E-state index in [2.05, 4.69) is 95.4 Å². The lowest BCUT2D eigenvalue weighted by Gasteiger charge is -2.06. The minimum absolute atomic E-state index is 1.26. The summed E-state index contributed by atoms with van der Waals surface area (Å²) < 4.78 is 1.26. The van der Waals surface area contributed by atoms with Crippen LogP contribution >= 0.6 is 22.6 Å². The Morgan fingerprint density at radius 1 is 0.474 bits per heavy atom. The molecule has 3 aromatic carbocycles. The van der Waals surface area contributed by atoms with Gasteiger partial charge in [-0.2, -0.15) is 0 Å². The Morgan fingerprint density at radius 2 is 1.00 bits per heavy atom. The third-order valence-corrected chi connectivity index (χ3v) is 3.80. The van der Waals surface area contributed by atoms with Gasteiger partial charge in [0.15, 0.2) is 0 Å². The molecule has 0 N–H and O–H groups in total. The van der Waals surface area contributed by atoms with Gasteiger partial charge in [0.05, 0.1) is 0 Å². The molecule has 0 heterocycles. The Kier molecular flexibility index (Phi) is 3.65. The Hall–Kier alpha value is -1.61. The molecule has 0 atom stereocenters. The van der Waals surface area contributed by atoms with Crippen LogP contribution in [0.5, 0.6) is 0 Å². The summed E-state index contributed by atoms with van der Waals surface area (Å²) in [4.78, 5) is 0. The van der Waals surface area contributed by atoms with Crippen LogP contribution < -0.4 is 0 Å². The van der Waals surface area contributed by atoms with Gasteiger partial charge in [0, 0.05) is 3.57 Å². The van der Waals surface area contributed by atoms with Crippen molar-refractivity contribution in [2.45, 2.75) is 0 Å². The van der Waals surface area contributed by atoms with E-state index in [1.807, 2.05) is 6.07 Å². The summed E-state index contributed by atoms with van der Waals surface area (Å²) in [5, 5.41) is 0. The fourth-order valence-electron chi connectivity index (χ4n) is 2.18. The molecule has 19 heavy (non-hydrogen) atoms. The maximum atomic E-state index is 2.35. The van der Waals surface area contributed by atoms with Crippen LogP contribution in [0.25, 0.3) is 22.3 Å². The van der Waals surface area contributed by atoms with E-state index in [1.165, 1.54) is 25.8 Å². The zero-order chi connectivity index (χ0) is 13.1. The van der Waals surface area contributed by atoms with Crippen molar-refractivity contribution in [2.75, 3.05) is 0 Å². The largest absolute Gasteiger partial charge is 0.0622 e. The first-order valence-electron chi connectivity index (χ1n) is 6.24. The molecular weight excluding hydrogens is 343 g/mol. The first-order chi connectivity index (χ1) is 9.33. The minimum atomic E-state index is 1.26. The molecule has 3 aromatic rings. The van der Waals surface area contributed by atoms with Gasteiger partial charge in [-0.3, -0.25) is 0 Å². The normalized spacial score (nSPS) is 10.4. The second-order valence-electron chi connectivity index (χ2n) is 4.46. The molecule has 0 aromatic heterocycles. The molecule has 0 nitrogen and oxygen atoms in total. The van der Waals surface area contributed by atoms with Crippen molar-refractivity contribution in [1.29, 1.82) is 0 Å². The van der Waals surface area contributed by atoms with E-state index in [-0.39, 0.29) is 0 Å². The highest BCUT2D eigenvalue weighted by atomic mass is 127. The van der Waals surface area contributed by atoms with Gasteiger partial charge < -0.3 is 0 Å².